The van der Waals surface area contributed by atoms with Crippen LogP contribution in [-0.4, -0.2) is 22.6 Å². The molecule has 4 rings (SSSR count). The molecule has 6 heteroatoms. The standard InChI is InChI=1S/C24H22FN3O2/c1-16(26-24(29)18-10-4-8-14-22(18)30-2)23-27-20-12-6-7-13-21(20)28(23)15-17-9-3-5-11-19(17)25/h3-14,16H,15H2,1-2H3,(H,26,29). The summed E-state index contributed by atoms with van der Waals surface area (Å²) in [5.74, 6) is 0.626. The molecule has 1 N–H and O–H groups in total. The van der Waals surface area contributed by atoms with Crippen molar-refractivity contribution in [3.63, 3.8) is 0 Å². The maximum Gasteiger partial charge on any atom is 0.255 e. The molecule has 0 bridgehead atoms. The van der Waals surface area contributed by atoms with E-state index in [-0.39, 0.29) is 11.7 Å². The Labute approximate surface area is 174 Å². The molecule has 0 fully saturated rings. The van der Waals surface area contributed by atoms with Crippen LogP contribution in [0.1, 0.15) is 34.7 Å². The number of aromatic nitrogens is 2. The number of nitrogens with zero attached hydrogens (tertiary/aromatic N) is 2. The molecule has 5 nitrogen and oxygen atoms in total. The number of methoxy groups -OCH3 is 1. The highest BCUT2D eigenvalue weighted by Gasteiger charge is 2.21. The minimum absolute atomic E-state index is 0.260. The van der Waals surface area contributed by atoms with Crippen molar-refractivity contribution in [2.24, 2.45) is 0 Å². The highest BCUT2D eigenvalue weighted by Crippen LogP contribution is 2.24. The number of para-hydroxylation sites is 3. The maximum absolute atomic E-state index is 14.3. The second-order valence-corrected chi connectivity index (χ2v) is 7.03. The Balaban J connectivity index is 1.69. The van der Waals surface area contributed by atoms with E-state index in [9.17, 15) is 9.18 Å². The van der Waals surface area contributed by atoms with Crippen LogP contribution in [0.25, 0.3) is 11.0 Å². The van der Waals surface area contributed by atoms with Crippen LogP contribution in [0.4, 0.5) is 4.39 Å². The Morgan fingerprint density at radius 2 is 1.77 bits per heavy atom. The fourth-order valence-electron chi connectivity index (χ4n) is 3.56. The second-order valence-electron chi connectivity index (χ2n) is 7.03. The average molecular weight is 403 g/mol. The second kappa shape index (κ2) is 8.37. The van der Waals surface area contributed by atoms with Gasteiger partial charge in [0.25, 0.3) is 5.91 Å². The summed E-state index contributed by atoms with van der Waals surface area (Å²) in [5.41, 5.74) is 2.69. The third-order valence-corrected chi connectivity index (χ3v) is 5.06. The summed E-state index contributed by atoms with van der Waals surface area (Å²) in [7, 11) is 1.53. The third kappa shape index (κ3) is 3.76. The summed E-state index contributed by atoms with van der Waals surface area (Å²) in [6.07, 6.45) is 0. The zero-order valence-electron chi connectivity index (χ0n) is 16.8. The highest BCUT2D eigenvalue weighted by molar-refractivity contribution is 5.97. The van der Waals surface area contributed by atoms with Gasteiger partial charge in [-0.3, -0.25) is 4.79 Å². The van der Waals surface area contributed by atoms with Gasteiger partial charge in [0.1, 0.15) is 17.4 Å². The predicted molar refractivity (Wildman–Crippen MR) is 114 cm³/mol. The third-order valence-electron chi connectivity index (χ3n) is 5.06. The fraction of sp³-hybridized carbons (Fsp3) is 0.167. The van der Waals surface area contributed by atoms with Crippen LogP contribution < -0.4 is 10.1 Å². The average Bonchev–Trinajstić information content (AvgIpc) is 3.14. The molecule has 1 heterocycles. The first kappa shape index (κ1) is 19.6. The lowest BCUT2D eigenvalue weighted by Crippen LogP contribution is -2.29. The molecular formula is C24H22FN3O2. The molecule has 1 unspecified atom stereocenters. The quantitative estimate of drug-likeness (QED) is 0.507. The first-order chi connectivity index (χ1) is 14.6. The fourth-order valence-corrected chi connectivity index (χ4v) is 3.56. The van der Waals surface area contributed by atoms with Crippen molar-refractivity contribution >= 4 is 16.9 Å². The molecule has 152 valence electrons. The van der Waals surface area contributed by atoms with Crippen molar-refractivity contribution in [2.45, 2.75) is 19.5 Å². The molecule has 0 spiro atoms. The number of rotatable bonds is 6. The SMILES string of the molecule is COc1ccccc1C(=O)NC(C)c1nc2ccccc2n1Cc1ccccc1F. The molecule has 4 aromatic rings. The van der Waals surface area contributed by atoms with Gasteiger partial charge in [-0.25, -0.2) is 9.37 Å². The van der Waals surface area contributed by atoms with Crippen LogP contribution in [0, 0.1) is 5.82 Å². The molecule has 3 aromatic carbocycles. The van der Waals surface area contributed by atoms with E-state index in [2.05, 4.69) is 5.32 Å². The van der Waals surface area contributed by atoms with Gasteiger partial charge in [-0.05, 0) is 37.3 Å². The zero-order valence-corrected chi connectivity index (χ0v) is 16.8. The number of benzene rings is 3. The van der Waals surface area contributed by atoms with Crippen LogP contribution in [0.3, 0.4) is 0 Å². The summed E-state index contributed by atoms with van der Waals surface area (Å²) >= 11 is 0. The molecule has 0 radical (unpaired) electrons. The Morgan fingerprint density at radius 3 is 2.57 bits per heavy atom. The van der Waals surface area contributed by atoms with Gasteiger partial charge in [0.15, 0.2) is 0 Å². The van der Waals surface area contributed by atoms with Crippen molar-refractivity contribution < 1.29 is 13.9 Å². The lowest BCUT2D eigenvalue weighted by molar-refractivity contribution is 0.0934. The lowest BCUT2D eigenvalue weighted by Gasteiger charge is -2.17. The Kier molecular flexibility index (Phi) is 5.48. The smallest absolute Gasteiger partial charge is 0.255 e. The summed E-state index contributed by atoms with van der Waals surface area (Å²) in [6.45, 7) is 2.18. The predicted octanol–water partition coefficient (Wildman–Crippen LogP) is 4.72. The Morgan fingerprint density at radius 1 is 1.07 bits per heavy atom. The van der Waals surface area contributed by atoms with E-state index in [0.29, 0.717) is 29.2 Å². The van der Waals surface area contributed by atoms with Crippen molar-refractivity contribution in [1.29, 1.82) is 0 Å². The van der Waals surface area contributed by atoms with Gasteiger partial charge >= 0.3 is 0 Å². The molecule has 1 atom stereocenters. The van der Waals surface area contributed by atoms with Gasteiger partial charge in [-0.1, -0.05) is 42.5 Å². The van der Waals surface area contributed by atoms with E-state index < -0.39 is 6.04 Å². The molecule has 0 aliphatic carbocycles. The Bertz CT molecular complexity index is 1200. The van der Waals surface area contributed by atoms with Crippen LogP contribution in [-0.2, 0) is 6.54 Å². The number of halogens is 1. The Hall–Kier alpha value is -3.67. The zero-order chi connectivity index (χ0) is 21.1. The number of hydrogen-bond acceptors (Lipinski definition) is 3. The maximum atomic E-state index is 14.3. The number of nitrogens with one attached hydrogen (secondary N) is 1. The minimum atomic E-state index is -0.401. The van der Waals surface area contributed by atoms with Crippen molar-refractivity contribution in [3.8, 4) is 5.75 Å². The molecule has 1 amide bonds. The van der Waals surface area contributed by atoms with Crippen molar-refractivity contribution in [1.82, 2.24) is 14.9 Å². The van der Waals surface area contributed by atoms with Crippen LogP contribution in [0.15, 0.2) is 72.8 Å². The number of carbonyl (C=O) groups excluding carboxylic acids is 1. The monoisotopic (exact) mass is 403 g/mol. The van der Waals surface area contributed by atoms with E-state index in [1.807, 2.05) is 47.9 Å². The van der Waals surface area contributed by atoms with Crippen molar-refractivity contribution in [2.75, 3.05) is 7.11 Å². The van der Waals surface area contributed by atoms with E-state index in [4.69, 9.17) is 9.72 Å². The topological polar surface area (TPSA) is 56.1 Å². The molecule has 1 aromatic heterocycles. The summed E-state index contributed by atoms with van der Waals surface area (Å²) < 4.78 is 21.6. The molecule has 0 saturated heterocycles. The number of hydrogen-bond donors (Lipinski definition) is 1. The number of imidazole rings is 1. The van der Waals surface area contributed by atoms with Crippen LogP contribution >= 0.6 is 0 Å². The van der Waals surface area contributed by atoms with E-state index in [1.54, 1.807) is 30.3 Å². The van der Waals surface area contributed by atoms with Crippen LogP contribution in [0.2, 0.25) is 0 Å². The summed E-state index contributed by atoms with van der Waals surface area (Å²) in [6, 6.07) is 21.0. The molecular weight excluding hydrogens is 381 g/mol. The first-order valence-corrected chi connectivity index (χ1v) is 9.71. The lowest BCUT2D eigenvalue weighted by atomic mass is 10.1. The van der Waals surface area contributed by atoms with Gasteiger partial charge in [0.2, 0.25) is 0 Å². The first-order valence-electron chi connectivity index (χ1n) is 9.71. The number of carbonyl (C=O) groups is 1. The van der Waals surface area contributed by atoms with Crippen molar-refractivity contribution in [3.05, 3.63) is 95.6 Å². The summed E-state index contributed by atoms with van der Waals surface area (Å²) in [5, 5.41) is 2.99. The van der Waals surface area contributed by atoms with E-state index in [1.165, 1.54) is 13.2 Å². The number of amides is 1. The molecule has 30 heavy (non-hydrogen) atoms. The minimum Gasteiger partial charge on any atom is -0.496 e. The van der Waals surface area contributed by atoms with Gasteiger partial charge in [0.05, 0.1) is 36.3 Å². The van der Waals surface area contributed by atoms with Gasteiger partial charge < -0.3 is 14.6 Å². The number of ether oxygens (including phenoxy) is 1. The highest BCUT2D eigenvalue weighted by atomic mass is 19.1. The molecule has 0 aliphatic rings. The van der Waals surface area contributed by atoms with E-state index in [0.717, 1.165) is 11.0 Å². The van der Waals surface area contributed by atoms with Gasteiger partial charge in [0, 0.05) is 5.56 Å². The van der Waals surface area contributed by atoms with Gasteiger partial charge in [-0.2, -0.15) is 0 Å². The van der Waals surface area contributed by atoms with E-state index >= 15 is 0 Å². The molecule has 0 aliphatic heterocycles. The van der Waals surface area contributed by atoms with Gasteiger partial charge in [-0.15, -0.1) is 0 Å². The molecule has 0 saturated carbocycles. The van der Waals surface area contributed by atoms with Crippen LogP contribution in [0.5, 0.6) is 5.75 Å². The number of fused-ring (bicyclic) bond motifs is 1. The normalized spacial score (nSPS) is 12.0. The largest absolute Gasteiger partial charge is 0.496 e. The summed E-state index contributed by atoms with van der Waals surface area (Å²) in [4.78, 5) is 17.6.